The minimum atomic E-state index is -2.88. The molecular formula is C14H18ClF2NO3. The topological polar surface area (TPSA) is 47.6 Å². The molecule has 0 aliphatic heterocycles. The predicted molar refractivity (Wildman–Crippen MR) is 75.7 cm³/mol. The zero-order chi connectivity index (χ0) is 15.7. The van der Waals surface area contributed by atoms with Crippen molar-refractivity contribution in [3.05, 3.63) is 28.8 Å². The molecule has 1 rings (SSSR count). The summed E-state index contributed by atoms with van der Waals surface area (Å²) < 4.78 is 33.8. The first-order valence-corrected chi connectivity index (χ1v) is 7.00. The van der Waals surface area contributed by atoms with Crippen LogP contribution in [0.4, 0.5) is 8.78 Å². The number of benzene rings is 1. The average molecular weight is 322 g/mol. The van der Waals surface area contributed by atoms with E-state index in [2.05, 4.69) is 10.1 Å². The number of carbonyl (C=O) groups excluding carboxylic acids is 1. The first kappa shape index (κ1) is 17.7. The van der Waals surface area contributed by atoms with E-state index in [1.165, 1.54) is 12.1 Å². The summed E-state index contributed by atoms with van der Waals surface area (Å²) in [5, 5.41) is 3.49. The highest BCUT2D eigenvalue weighted by atomic mass is 35.5. The Balaban J connectivity index is 2.40. The van der Waals surface area contributed by atoms with Gasteiger partial charge in [0.1, 0.15) is 5.75 Å². The van der Waals surface area contributed by atoms with E-state index in [0.29, 0.717) is 43.1 Å². The lowest BCUT2D eigenvalue weighted by molar-refractivity contribution is -0.143. The molecule has 0 bridgehead atoms. The number of ether oxygens (including phenoxy) is 2. The Labute approximate surface area is 127 Å². The number of alkyl halides is 2. The van der Waals surface area contributed by atoms with Crippen LogP contribution in [0.5, 0.6) is 5.75 Å². The van der Waals surface area contributed by atoms with Gasteiger partial charge in [-0.2, -0.15) is 8.78 Å². The average Bonchev–Trinajstić information content (AvgIpc) is 2.41. The zero-order valence-electron chi connectivity index (χ0n) is 11.7. The fraction of sp³-hybridized carbons (Fsp3) is 0.500. The van der Waals surface area contributed by atoms with Crippen LogP contribution >= 0.6 is 11.6 Å². The van der Waals surface area contributed by atoms with Gasteiger partial charge in [0.15, 0.2) is 0 Å². The summed E-state index contributed by atoms with van der Waals surface area (Å²) in [6, 6.07) is 4.46. The molecule has 7 heteroatoms. The van der Waals surface area contributed by atoms with Gasteiger partial charge in [0.25, 0.3) is 0 Å². The minimum absolute atomic E-state index is 0.0901. The molecule has 0 unspecified atom stereocenters. The fourth-order valence-corrected chi connectivity index (χ4v) is 1.91. The van der Waals surface area contributed by atoms with Crippen molar-refractivity contribution in [2.45, 2.75) is 32.9 Å². The van der Waals surface area contributed by atoms with E-state index >= 15 is 0 Å². The molecule has 0 atom stereocenters. The smallest absolute Gasteiger partial charge is 0.387 e. The van der Waals surface area contributed by atoms with Crippen molar-refractivity contribution in [1.82, 2.24) is 5.32 Å². The molecule has 0 saturated heterocycles. The number of nitrogens with one attached hydrogen (secondary N) is 1. The van der Waals surface area contributed by atoms with E-state index in [1.54, 1.807) is 13.0 Å². The van der Waals surface area contributed by atoms with Gasteiger partial charge in [0.2, 0.25) is 0 Å². The summed E-state index contributed by atoms with van der Waals surface area (Å²) in [5.74, 6) is -0.156. The minimum Gasteiger partial charge on any atom is -0.466 e. The molecular weight excluding hydrogens is 304 g/mol. The van der Waals surface area contributed by atoms with E-state index in [4.69, 9.17) is 16.3 Å². The molecule has 0 spiro atoms. The Kier molecular flexibility index (Phi) is 8.00. The summed E-state index contributed by atoms with van der Waals surface area (Å²) in [5.41, 5.74) is 0.541. The number of halogens is 3. The van der Waals surface area contributed by atoms with E-state index in [1.807, 2.05) is 0 Å². The first-order valence-electron chi connectivity index (χ1n) is 6.62. The van der Waals surface area contributed by atoms with Crippen LogP contribution in [0.1, 0.15) is 25.3 Å². The maximum absolute atomic E-state index is 12.3. The SMILES string of the molecule is CCOC(=O)CCCNCc1cc(Cl)ccc1OC(F)F. The molecule has 0 saturated carbocycles. The Morgan fingerprint density at radius 3 is 2.86 bits per heavy atom. The largest absolute Gasteiger partial charge is 0.466 e. The molecule has 0 amide bonds. The Morgan fingerprint density at radius 2 is 2.19 bits per heavy atom. The van der Waals surface area contributed by atoms with Crippen LogP contribution in [-0.4, -0.2) is 25.7 Å². The summed E-state index contributed by atoms with van der Waals surface area (Å²) in [4.78, 5) is 11.1. The normalized spacial score (nSPS) is 10.7. The highest BCUT2D eigenvalue weighted by Gasteiger charge is 2.10. The third-order valence-corrected chi connectivity index (χ3v) is 2.83. The molecule has 0 radical (unpaired) electrons. The highest BCUT2D eigenvalue weighted by molar-refractivity contribution is 6.30. The second-order valence-corrected chi connectivity index (χ2v) is 4.65. The van der Waals surface area contributed by atoms with Crippen LogP contribution in [0, 0.1) is 0 Å². The highest BCUT2D eigenvalue weighted by Crippen LogP contribution is 2.24. The summed E-state index contributed by atoms with van der Waals surface area (Å²) in [6.07, 6.45) is 0.918. The quantitative estimate of drug-likeness (QED) is 0.559. The van der Waals surface area contributed by atoms with Crippen molar-refractivity contribution in [1.29, 1.82) is 0 Å². The lowest BCUT2D eigenvalue weighted by Crippen LogP contribution is -2.17. The van der Waals surface area contributed by atoms with Gasteiger partial charge in [-0.3, -0.25) is 4.79 Å². The summed E-state index contributed by atoms with van der Waals surface area (Å²) in [7, 11) is 0. The van der Waals surface area contributed by atoms with Gasteiger partial charge in [0.05, 0.1) is 6.61 Å². The van der Waals surface area contributed by atoms with Crippen molar-refractivity contribution in [3.63, 3.8) is 0 Å². The van der Waals surface area contributed by atoms with Crippen molar-refractivity contribution < 1.29 is 23.0 Å². The number of hydrogen-bond acceptors (Lipinski definition) is 4. The number of rotatable bonds is 9. The molecule has 118 valence electrons. The van der Waals surface area contributed by atoms with E-state index in [0.717, 1.165) is 0 Å². The van der Waals surface area contributed by atoms with Gasteiger partial charge < -0.3 is 14.8 Å². The van der Waals surface area contributed by atoms with E-state index in [9.17, 15) is 13.6 Å². The molecule has 0 heterocycles. The van der Waals surface area contributed by atoms with Crippen LogP contribution in [0.25, 0.3) is 0 Å². The maximum atomic E-state index is 12.3. The molecule has 4 nitrogen and oxygen atoms in total. The van der Waals surface area contributed by atoms with Crippen LogP contribution in [0.3, 0.4) is 0 Å². The molecule has 1 aromatic carbocycles. The molecule has 0 aromatic heterocycles. The predicted octanol–water partition coefficient (Wildman–Crippen LogP) is 3.37. The van der Waals surface area contributed by atoms with Gasteiger partial charge in [-0.05, 0) is 38.1 Å². The Morgan fingerprint density at radius 1 is 1.43 bits per heavy atom. The van der Waals surface area contributed by atoms with Gasteiger partial charge in [0, 0.05) is 23.6 Å². The first-order chi connectivity index (χ1) is 10.0. The van der Waals surface area contributed by atoms with Crippen LogP contribution in [0.2, 0.25) is 5.02 Å². The van der Waals surface area contributed by atoms with Crippen LogP contribution in [-0.2, 0) is 16.1 Å². The van der Waals surface area contributed by atoms with Crippen LogP contribution in [0.15, 0.2) is 18.2 Å². The molecule has 1 N–H and O–H groups in total. The summed E-state index contributed by atoms with van der Waals surface area (Å²) in [6.45, 7) is 0.113. The second-order valence-electron chi connectivity index (χ2n) is 4.22. The van der Waals surface area contributed by atoms with E-state index in [-0.39, 0.29) is 11.7 Å². The number of hydrogen-bond donors (Lipinski definition) is 1. The molecule has 0 aliphatic carbocycles. The lowest BCUT2D eigenvalue weighted by atomic mass is 10.2. The molecule has 21 heavy (non-hydrogen) atoms. The third-order valence-electron chi connectivity index (χ3n) is 2.59. The van der Waals surface area contributed by atoms with Crippen molar-refractivity contribution in [3.8, 4) is 5.75 Å². The lowest BCUT2D eigenvalue weighted by Gasteiger charge is -2.12. The Hall–Kier alpha value is -1.40. The van der Waals surface area contributed by atoms with Gasteiger partial charge in [-0.25, -0.2) is 0 Å². The van der Waals surface area contributed by atoms with Crippen molar-refractivity contribution in [2.75, 3.05) is 13.2 Å². The number of carbonyl (C=O) groups is 1. The Bertz CT molecular complexity index is 458. The summed E-state index contributed by atoms with van der Waals surface area (Å²) >= 11 is 5.84. The van der Waals surface area contributed by atoms with Crippen molar-refractivity contribution in [2.24, 2.45) is 0 Å². The van der Waals surface area contributed by atoms with Crippen LogP contribution < -0.4 is 10.1 Å². The maximum Gasteiger partial charge on any atom is 0.387 e. The number of esters is 1. The fourth-order valence-electron chi connectivity index (χ4n) is 1.71. The second kappa shape index (κ2) is 9.52. The monoisotopic (exact) mass is 321 g/mol. The molecule has 1 aromatic rings. The van der Waals surface area contributed by atoms with Gasteiger partial charge in [-0.15, -0.1) is 0 Å². The van der Waals surface area contributed by atoms with Gasteiger partial charge in [-0.1, -0.05) is 11.6 Å². The van der Waals surface area contributed by atoms with Crippen molar-refractivity contribution >= 4 is 17.6 Å². The van der Waals surface area contributed by atoms with E-state index < -0.39 is 6.61 Å². The third kappa shape index (κ3) is 7.24. The molecule has 0 aliphatic rings. The zero-order valence-corrected chi connectivity index (χ0v) is 12.5. The standard InChI is InChI=1S/C14H18ClF2NO3/c1-2-20-13(19)4-3-7-18-9-10-8-11(15)5-6-12(10)21-14(16)17/h5-6,8,14,18H,2-4,7,9H2,1H3. The van der Waals surface area contributed by atoms with Gasteiger partial charge >= 0.3 is 12.6 Å². The molecule has 0 fully saturated rings.